The van der Waals surface area contributed by atoms with E-state index in [0.29, 0.717) is 44.4 Å². The number of hydrogen-bond acceptors (Lipinski definition) is 12. The number of carbonyl (C=O) groups is 3. The molecule has 1 aliphatic heterocycles. The molecule has 1 aromatic carbocycles. The Morgan fingerprint density at radius 2 is 1.72 bits per heavy atom. The van der Waals surface area contributed by atoms with E-state index >= 15 is 0 Å². The van der Waals surface area contributed by atoms with E-state index in [2.05, 4.69) is 15.5 Å². The molecule has 292 valence electrons. The molecule has 3 aromatic rings. The Morgan fingerprint density at radius 3 is 2.30 bits per heavy atom. The van der Waals surface area contributed by atoms with Gasteiger partial charge in [0.2, 0.25) is 11.8 Å². The highest BCUT2D eigenvalue weighted by Crippen LogP contribution is 2.32. The number of rotatable bonds is 18. The minimum absolute atomic E-state index is 0.0405. The number of carbonyl (C=O) groups excluding carboxylic acids is 3. The van der Waals surface area contributed by atoms with Crippen molar-refractivity contribution in [3.8, 4) is 10.4 Å². The van der Waals surface area contributed by atoms with Crippen molar-refractivity contribution in [3.63, 3.8) is 0 Å². The molecule has 1 fully saturated rings. The monoisotopic (exact) mass is 757 g/mol. The zero-order chi connectivity index (χ0) is 38.7. The van der Waals surface area contributed by atoms with Gasteiger partial charge in [0.25, 0.3) is 0 Å². The smallest absolute Gasteiger partial charge is 0.410 e. The summed E-state index contributed by atoms with van der Waals surface area (Å²) in [7, 11) is 1.66. The molecule has 1 aliphatic rings. The third-order valence-electron chi connectivity index (χ3n) is 8.69. The van der Waals surface area contributed by atoms with E-state index in [-0.39, 0.29) is 43.9 Å². The van der Waals surface area contributed by atoms with Crippen LogP contribution in [0.15, 0.2) is 40.4 Å². The van der Waals surface area contributed by atoms with E-state index in [1.54, 1.807) is 31.4 Å². The number of thiazole rings is 1. The zero-order valence-corrected chi connectivity index (χ0v) is 32.9. The molecule has 2 N–H and O–H groups in total. The number of ether oxygens (including phenoxy) is 4. The fourth-order valence-electron chi connectivity index (χ4n) is 5.96. The minimum atomic E-state index is -0.878. The predicted octanol–water partition coefficient (Wildman–Crippen LogP) is 4.89. The second-order valence-corrected chi connectivity index (χ2v) is 15.5. The Morgan fingerprint density at radius 1 is 1.06 bits per heavy atom. The van der Waals surface area contributed by atoms with Gasteiger partial charge in [0.05, 0.1) is 73.6 Å². The second kappa shape index (κ2) is 19.4. The third kappa shape index (κ3) is 12.3. The van der Waals surface area contributed by atoms with Crippen molar-refractivity contribution in [1.82, 2.24) is 25.3 Å². The summed E-state index contributed by atoms with van der Waals surface area (Å²) in [4.78, 5) is 48.3. The van der Waals surface area contributed by atoms with Gasteiger partial charge in [0, 0.05) is 32.6 Å². The van der Waals surface area contributed by atoms with Gasteiger partial charge in [-0.1, -0.05) is 43.3 Å². The van der Waals surface area contributed by atoms with Crippen LogP contribution in [0.5, 0.6) is 0 Å². The van der Waals surface area contributed by atoms with E-state index < -0.39 is 35.8 Å². The summed E-state index contributed by atoms with van der Waals surface area (Å²) in [5.41, 5.74) is 4.70. The molecular formula is C38H55N5O9S. The first-order valence-corrected chi connectivity index (χ1v) is 18.9. The number of benzene rings is 1. The van der Waals surface area contributed by atoms with Crippen molar-refractivity contribution in [2.75, 3.05) is 59.8 Å². The van der Waals surface area contributed by atoms with Gasteiger partial charge in [-0.3, -0.25) is 9.59 Å². The Balaban J connectivity index is 1.33. The standard InChI is InChI=1S/C38H55N5O9S/c1-24(2)33(32-19-25(3)41-52-32)36(46)43-21-29(44)20-31(43)35(45)40-30(27-9-11-28(12-10-27)34-26(4)39-23-53-34)22-50-18-17-49-16-15-48-14-13-42(8)37(47)51-38(5,6)7/h9-12,19,23-24,29-31,33,44H,13-18,20-22H2,1-8H3,(H,40,45)/t29-,30+,31+,33+/m1/s1. The number of β-amino-alcohol motifs (C(OH)–C–C–N with tert-alkyl or cyclic N) is 1. The number of aliphatic hydroxyl groups excluding tert-OH is 1. The summed E-state index contributed by atoms with van der Waals surface area (Å²) in [6.07, 6.45) is -1.14. The Bertz CT molecular complexity index is 1620. The molecule has 14 nitrogen and oxygen atoms in total. The van der Waals surface area contributed by atoms with E-state index in [9.17, 15) is 19.5 Å². The van der Waals surface area contributed by atoms with Crippen molar-refractivity contribution in [1.29, 1.82) is 0 Å². The molecular weight excluding hydrogens is 703 g/mol. The lowest BCUT2D eigenvalue weighted by Gasteiger charge is -2.30. The highest BCUT2D eigenvalue weighted by Gasteiger charge is 2.43. The fourth-order valence-corrected chi connectivity index (χ4v) is 6.77. The highest BCUT2D eigenvalue weighted by atomic mass is 32.1. The van der Waals surface area contributed by atoms with Gasteiger partial charge in [-0.05, 0) is 51.7 Å². The molecule has 2 aromatic heterocycles. The molecule has 0 aliphatic carbocycles. The number of likely N-dealkylation sites (tertiary alicyclic amines) is 1. The summed E-state index contributed by atoms with van der Waals surface area (Å²) >= 11 is 1.56. The number of hydrogen-bond donors (Lipinski definition) is 2. The van der Waals surface area contributed by atoms with Crippen LogP contribution in [0.4, 0.5) is 4.79 Å². The lowest BCUT2D eigenvalue weighted by atomic mass is 9.91. The number of nitrogens with one attached hydrogen (secondary N) is 1. The Kier molecular flexibility index (Phi) is 15.4. The maximum absolute atomic E-state index is 13.9. The molecule has 0 bridgehead atoms. The quantitative estimate of drug-likeness (QED) is 0.170. The molecule has 0 spiro atoms. The number of amides is 3. The average molecular weight is 758 g/mol. The maximum Gasteiger partial charge on any atom is 0.410 e. The third-order valence-corrected chi connectivity index (χ3v) is 9.67. The van der Waals surface area contributed by atoms with E-state index in [0.717, 1.165) is 21.7 Å². The normalized spacial score (nSPS) is 17.2. The van der Waals surface area contributed by atoms with Crippen molar-refractivity contribution < 1.29 is 43.0 Å². The van der Waals surface area contributed by atoms with Gasteiger partial charge in [0.1, 0.15) is 23.3 Å². The molecule has 4 rings (SSSR count). The van der Waals surface area contributed by atoms with Gasteiger partial charge in [-0.2, -0.15) is 0 Å². The topological polar surface area (TPSA) is 166 Å². The number of likely N-dealkylation sites (N-methyl/N-ethyl adjacent to an activating group) is 1. The predicted molar refractivity (Wildman–Crippen MR) is 199 cm³/mol. The van der Waals surface area contributed by atoms with Crippen molar-refractivity contribution >= 4 is 29.2 Å². The molecule has 1 saturated heterocycles. The first kappa shape index (κ1) is 41.9. The van der Waals surface area contributed by atoms with Crippen LogP contribution in [0, 0.1) is 19.8 Å². The van der Waals surface area contributed by atoms with Crippen molar-refractivity contribution in [2.45, 2.75) is 84.6 Å². The summed E-state index contributed by atoms with van der Waals surface area (Å²) in [6, 6.07) is 8.19. The molecule has 0 saturated carbocycles. The lowest BCUT2D eigenvalue weighted by molar-refractivity contribution is -0.141. The zero-order valence-electron chi connectivity index (χ0n) is 32.1. The Hall–Kier alpha value is -3.89. The Labute approximate surface area is 316 Å². The SMILES string of the molecule is Cc1cc([C@@H](C(=O)N2C[C@H](O)C[C@H]2C(=O)N[C@@H](COCCOCCOCCN(C)C(=O)OC(C)(C)C)c2ccc(-c3scnc3C)cc2)C(C)C)on1. The van der Waals surface area contributed by atoms with Crippen LogP contribution >= 0.6 is 11.3 Å². The summed E-state index contributed by atoms with van der Waals surface area (Å²) < 4.78 is 28.1. The van der Waals surface area contributed by atoms with Crippen LogP contribution in [-0.2, 0) is 28.5 Å². The second-order valence-electron chi connectivity index (χ2n) is 14.6. The van der Waals surface area contributed by atoms with E-state index in [4.69, 9.17) is 23.5 Å². The van der Waals surface area contributed by atoms with Gasteiger partial charge in [-0.25, -0.2) is 9.78 Å². The van der Waals surface area contributed by atoms with Crippen molar-refractivity contribution in [2.24, 2.45) is 5.92 Å². The summed E-state index contributed by atoms with van der Waals surface area (Å²) in [5, 5.41) is 17.7. The van der Waals surface area contributed by atoms with Gasteiger partial charge in [-0.15, -0.1) is 11.3 Å². The van der Waals surface area contributed by atoms with Crippen LogP contribution in [-0.4, -0.2) is 120 Å². The number of nitrogens with zero attached hydrogens (tertiary/aromatic N) is 4. The average Bonchev–Trinajstić information content (AvgIpc) is 3.83. The van der Waals surface area contributed by atoms with Crippen LogP contribution in [0.1, 0.15) is 75.7 Å². The first-order valence-electron chi connectivity index (χ1n) is 18.0. The van der Waals surface area contributed by atoms with Crippen LogP contribution in [0.2, 0.25) is 0 Å². The van der Waals surface area contributed by atoms with E-state index in [1.807, 2.05) is 71.3 Å². The first-order chi connectivity index (χ1) is 25.1. The summed E-state index contributed by atoms with van der Waals surface area (Å²) in [5.74, 6) is -1.01. The van der Waals surface area contributed by atoms with Gasteiger partial charge < -0.3 is 43.7 Å². The number of aryl methyl sites for hydroxylation is 2. The van der Waals surface area contributed by atoms with Crippen LogP contribution < -0.4 is 5.32 Å². The molecule has 3 amide bonds. The molecule has 15 heteroatoms. The van der Waals surface area contributed by atoms with Crippen LogP contribution in [0.3, 0.4) is 0 Å². The van der Waals surface area contributed by atoms with E-state index in [1.165, 1.54) is 9.80 Å². The molecule has 3 heterocycles. The largest absolute Gasteiger partial charge is 0.444 e. The fraction of sp³-hybridized carbons (Fsp3) is 0.605. The molecule has 0 unspecified atom stereocenters. The molecule has 53 heavy (non-hydrogen) atoms. The lowest BCUT2D eigenvalue weighted by Crippen LogP contribution is -2.49. The maximum atomic E-state index is 13.9. The van der Waals surface area contributed by atoms with Gasteiger partial charge in [0.15, 0.2) is 0 Å². The number of aromatic nitrogens is 2. The molecule has 0 radical (unpaired) electrons. The van der Waals surface area contributed by atoms with Gasteiger partial charge >= 0.3 is 6.09 Å². The minimum Gasteiger partial charge on any atom is -0.444 e. The highest BCUT2D eigenvalue weighted by molar-refractivity contribution is 7.13. The van der Waals surface area contributed by atoms with Crippen LogP contribution in [0.25, 0.3) is 10.4 Å². The molecule has 4 atom stereocenters. The van der Waals surface area contributed by atoms with Crippen molar-refractivity contribution in [3.05, 3.63) is 58.6 Å². The number of aliphatic hydroxyl groups is 1. The summed E-state index contributed by atoms with van der Waals surface area (Å²) in [6.45, 7) is 15.2.